The Hall–Kier alpha value is -2.30. The summed E-state index contributed by atoms with van der Waals surface area (Å²) in [6, 6.07) is 7.73. The molecule has 5 nitrogen and oxygen atoms in total. The first-order valence-corrected chi connectivity index (χ1v) is 8.21. The minimum atomic E-state index is 0.0441. The fraction of sp³-hybridized carbons (Fsp3) is 0.444. The van der Waals surface area contributed by atoms with Crippen LogP contribution in [0.3, 0.4) is 0 Å². The number of hydrogen-bond donors (Lipinski definition) is 0. The number of aryl methyl sites for hydroxylation is 1. The Bertz CT molecular complexity index is 680. The van der Waals surface area contributed by atoms with E-state index in [1.807, 2.05) is 60.1 Å². The van der Waals surface area contributed by atoms with E-state index in [4.69, 9.17) is 4.74 Å². The highest BCUT2D eigenvalue weighted by atomic mass is 16.5. The van der Waals surface area contributed by atoms with Crippen molar-refractivity contribution in [3.05, 3.63) is 47.8 Å². The Morgan fingerprint density at radius 2 is 2.22 bits per heavy atom. The van der Waals surface area contributed by atoms with Gasteiger partial charge in [0.2, 0.25) is 0 Å². The van der Waals surface area contributed by atoms with Gasteiger partial charge in [-0.2, -0.15) is 5.10 Å². The van der Waals surface area contributed by atoms with Crippen LogP contribution in [0.25, 0.3) is 0 Å². The smallest absolute Gasteiger partial charge is 0.257 e. The number of para-hydroxylation sites is 1. The number of amides is 1. The molecule has 0 N–H and O–H groups in total. The van der Waals surface area contributed by atoms with Crippen molar-refractivity contribution in [2.24, 2.45) is 0 Å². The fourth-order valence-electron chi connectivity index (χ4n) is 3.08. The molecule has 0 radical (unpaired) electrons. The molecule has 1 saturated heterocycles. The molecule has 1 aromatic heterocycles. The minimum absolute atomic E-state index is 0.0441. The van der Waals surface area contributed by atoms with Crippen LogP contribution in [0, 0.1) is 6.92 Å². The molecular formula is C18H23N3O2. The number of benzene rings is 1. The molecule has 1 amide bonds. The van der Waals surface area contributed by atoms with Crippen LogP contribution in [0.5, 0.6) is 5.75 Å². The van der Waals surface area contributed by atoms with Crippen LogP contribution < -0.4 is 4.74 Å². The maximum atomic E-state index is 12.9. The Kier molecular flexibility index (Phi) is 4.65. The first kappa shape index (κ1) is 15.6. The van der Waals surface area contributed by atoms with Gasteiger partial charge in [0.25, 0.3) is 5.91 Å². The van der Waals surface area contributed by atoms with Crippen LogP contribution in [0.1, 0.15) is 41.7 Å². The summed E-state index contributed by atoms with van der Waals surface area (Å²) < 4.78 is 7.59. The zero-order chi connectivity index (χ0) is 16.2. The van der Waals surface area contributed by atoms with Crippen molar-refractivity contribution < 1.29 is 9.53 Å². The maximum Gasteiger partial charge on any atom is 0.257 e. The van der Waals surface area contributed by atoms with Gasteiger partial charge in [0.1, 0.15) is 5.75 Å². The van der Waals surface area contributed by atoms with Gasteiger partial charge in [-0.3, -0.25) is 9.48 Å². The van der Waals surface area contributed by atoms with Crippen molar-refractivity contribution in [3.8, 4) is 5.75 Å². The number of ether oxygens (including phenoxy) is 1. The number of nitrogens with zero attached hydrogens (tertiary/aromatic N) is 3. The van der Waals surface area contributed by atoms with Gasteiger partial charge in [-0.15, -0.1) is 0 Å². The zero-order valence-corrected chi connectivity index (χ0v) is 13.7. The van der Waals surface area contributed by atoms with Gasteiger partial charge in [0.15, 0.2) is 0 Å². The minimum Gasteiger partial charge on any atom is -0.493 e. The summed E-state index contributed by atoms with van der Waals surface area (Å²) in [5.74, 6) is 0.708. The third-order valence-corrected chi connectivity index (χ3v) is 4.21. The molecule has 0 bridgehead atoms. The lowest BCUT2D eigenvalue weighted by Gasteiger charge is -2.33. The predicted molar refractivity (Wildman–Crippen MR) is 88.7 cm³/mol. The molecule has 1 atom stereocenters. The molecule has 5 heteroatoms. The lowest BCUT2D eigenvalue weighted by atomic mass is 10.0. The lowest BCUT2D eigenvalue weighted by molar-refractivity contribution is 0.0669. The van der Waals surface area contributed by atoms with Crippen molar-refractivity contribution in [3.63, 3.8) is 0 Å². The largest absolute Gasteiger partial charge is 0.493 e. The molecule has 23 heavy (non-hydrogen) atoms. The Morgan fingerprint density at radius 3 is 2.96 bits per heavy atom. The Morgan fingerprint density at radius 1 is 1.39 bits per heavy atom. The molecule has 0 saturated carbocycles. The van der Waals surface area contributed by atoms with Gasteiger partial charge in [0, 0.05) is 19.3 Å². The van der Waals surface area contributed by atoms with Gasteiger partial charge < -0.3 is 9.64 Å². The van der Waals surface area contributed by atoms with Crippen molar-refractivity contribution >= 4 is 5.91 Å². The molecule has 1 aromatic carbocycles. The summed E-state index contributed by atoms with van der Waals surface area (Å²) >= 11 is 0. The van der Waals surface area contributed by atoms with E-state index in [9.17, 15) is 4.79 Å². The van der Waals surface area contributed by atoms with E-state index in [2.05, 4.69) is 5.10 Å². The number of hydrogen-bond acceptors (Lipinski definition) is 3. The first-order chi connectivity index (χ1) is 11.2. The van der Waals surface area contributed by atoms with Crippen molar-refractivity contribution in [2.45, 2.75) is 32.7 Å². The van der Waals surface area contributed by atoms with Gasteiger partial charge in [-0.25, -0.2) is 0 Å². The summed E-state index contributed by atoms with van der Waals surface area (Å²) in [7, 11) is 0. The molecular weight excluding hydrogens is 290 g/mol. The van der Waals surface area contributed by atoms with Gasteiger partial charge in [-0.1, -0.05) is 12.1 Å². The third kappa shape index (κ3) is 3.38. The van der Waals surface area contributed by atoms with E-state index < -0.39 is 0 Å². The Balaban J connectivity index is 1.77. The van der Waals surface area contributed by atoms with Crippen LogP contribution in [-0.2, 0) is 0 Å². The van der Waals surface area contributed by atoms with E-state index in [0.717, 1.165) is 24.9 Å². The number of carbonyl (C=O) groups excluding carboxylic acids is 1. The molecule has 1 fully saturated rings. The van der Waals surface area contributed by atoms with Crippen molar-refractivity contribution in [2.75, 3.05) is 19.7 Å². The van der Waals surface area contributed by atoms with Crippen molar-refractivity contribution in [1.82, 2.24) is 14.7 Å². The lowest BCUT2D eigenvalue weighted by Crippen LogP contribution is -2.41. The summed E-state index contributed by atoms with van der Waals surface area (Å²) in [6.07, 6.45) is 5.96. The maximum absolute atomic E-state index is 12.9. The normalized spacial score (nSPS) is 18.0. The number of likely N-dealkylation sites (tertiary alicyclic amines) is 1. The summed E-state index contributed by atoms with van der Waals surface area (Å²) in [4.78, 5) is 14.8. The molecule has 0 aliphatic carbocycles. The number of aromatic nitrogens is 2. The molecule has 0 unspecified atom stereocenters. The van der Waals surface area contributed by atoms with Gasteiger partial charge in [-0.05, 0) is 44.4 Å². The fourth-order valence-corrected chi connectivity index (χ4v) is 3.08. The van der Waals surface area contributed by atoms with Gasteiger partial charge in [0.05, 0.1) is 24.4 Å². The van der Waals surface area contributed by atoms with E-state index in [1.165, 1.54) is 0 Å². The van der Waals surface area contributed by atoms with Gasteiger partial charge >= 0.3 is 0 Å². The number of piperidine rings is 1. The molecule has 0 spiro atoms. The van der Waals surface area contributed by atoms with E-state index >= 15 is 0 Å². The van der Waals surface area contributed by atoms with Crippen molar-refractivity contribution in [1.29, 1.82) is 0 Å². The number of rotatable bonds is 4. The second kappa shape index (κ2) is 6.86. The topological polar surface area (TPSA) is 47.4 Å². The highest BCUT2D eigenvalue weighted by Crippen LogP contribution is 2.25. The summed E-state index contributed by atoms with van der Waals surface area (Å²) in [6.45, 7) is 6.00. The average Bonchev–Trinajstić information content (AvgIpc) is 3.02. The highest BCUT2D eigenvalue weighted by Gasteiger charge is 2.27. The van der Waals surface area contributed by atoms with E-state index in [1.54, 1.807) is 0 Å². The number of carbonyl (C=O) groups is 1. The predicted octanol–water partition coefficient (Wildman–Crippen LogP) is 3.07. The summed E-state index contributed by atoms with van der Waals surface area (Å²) in [5.41, 5.74) is 1.79. The third-order valence-electron chi connectivity index (χ3n) is 4.21. The quantitative estimate of drug-likeness (QED) is 0.871. The standard InChI is InChI=1S/C18H23N3O2/c1-3-23-17-9-5-4-8-16(17)18(22)20-10-6-7-15(13-20)21-12-14(2)11-19-21/h4-5,8-9,11-12,15H,3,6-7,10,13H2,1-2H3/t15-/m1/s1. The summed E-state index contributed by atoms with van der Waals surface area (Å²) in [5, 5.41) is 4.41. The second-order valence-corrected chi connectivity index (χ2v) is 5.97. The van der Waals surface area contributed by atoms with Crippen LogP contribution in [-0.4, -0.2) is 40.3 Å². The molecule has 3 rings (SSSR count). The SMILES string of the molecule is CCOc1ccccc1C(=O)N1CCC[C@@H](n2cc(C)cn2)C1. The van der Waals surface area contributed by atoms with Crippen LogP contribution in [0.15, 0.2) is 36.7 Å². The molecule has 2 heterocycles. The van der Waals surface area contributed by atoms with Crippen LogP contribution in [0.4, 0.5) is 0 Å². The van der Waals surface area contributed by atoms with E-state index in [-0.39, 0.29) is 11.9 Å². The highest BCUT2D eigenvalue weighted by molar-refractivity contribution is 5.97. The molecule has 2 aromatic rings. The molecule has 1 aliphatic rings. The Labute approximate surface area is 136 Å². The van der Waals surface area contributed by atoms with E-state index in [0.29, 0.717) is 24.5 Å². The average molecular weight is 313 g/mol. The molecule has 122 valence electrons. The first-order valence-electron chi connectivity index (χ1n) is 8.21. The monoisotopic (exact) mass is 313 g/mol. The second-order valence-electron chi connectivity index (χ2n) is 5.97. The van der Waals surface area contributed by atoms with Crippen LogP contribution >= 0.6 is 0 Å². The zero-order valence-electron chi connectivity index (χ0n) is 13.7. The molecule has 1 aliphatic heterocycles. The van der Waals surface area contributed by atoms with Crippen LogP contribution in [0.2, 0.25) is 0 Å².